The molecule has 1 aliphatic heterocycles. The Kier molecular flexibility index (Phi) is 1.60. The highest BCUT2D eigenvalue weighted by molar-refractivity contribution is 5.72. The predicted molar refractivity (Wildman–Crippen MR) is 40.3 cm³/mol. The quantitative estimate of drug-likeness (QED) is 0.609. The average Bonchev–Trinajstić information content (AvgIpc) is 1.73. The Balaban J connectivity index is 1.89. The van der Waals surface area contributed by atoms with Crippen LogP contribution in [0.5, 0.6) is 0 Å². The molecule has 0 aromatic carbocycles. The molecule has 1 saturated carbocycles. The van der Waals surface area contributed by atoms with E-state index in [0.717, 1.165) is 0 Å². The van der Waals surface area contributed by atoms with Gasteiger partial charge in [0.1, 0.15) is 0 Å². The summed E-state index contributed by atoms with van der Waals surface area (Å²) in [6.45, 7) is 0.677. The first-order valence-electron chi connectivity index (χ1n) is 4.25. The number of aliphatic carboxylic acids is 1. The van der Waals surface area contributed by atoms with Crippen LogP contribution in [0.3, 0.4) is 0 Å². The van der Waals surface area contributed by atoms with Gasteiger partial charge in [-0.1, -0.05) is 6.42 Å². The van der Waals surface area contributed by atoms with E-state index in [1.165, 1.54) is 19.3 Å². The molecule has 11 heavy (non-hydrogen) atoms. The zero-order valence-electron chi connectivity index (χ0n) is 6.42. The fraction of sp³-hybridized carbons (Fsp3) is 0.875. The summed E-state index contributed by atoms with van der Waals surface area (Å²) >= 11 is 0. The summed E-state index contributed by atoms with van der Waals surface area (Å²) in [6.07, 6.45) is 3.73. The van der Waals surface area contributed by atoms with E-state index in [9.17, 15) is 4.79 Å². The maximum absolute atomic E-state index is 10.6. The standard InChI is InChI=1S/C8H13NO2/c10-8(11)6-4-9-7(6)5-2-1-3-5/h5-7,9H,1-4H2,(H,10,11). The summed E-state index contributed by atoms with van der Waals surface area (Å²) in [7, 11) is 0. The van der Waals surface area contributed by atoms with Crippen molar-refractivity contribution >= 4 is 5.97 Å². The Morgan fingerprint density at radius 1 is 1.45 bits per heavy atom. The van der Waals surface area contributed by atoms with E-state index in [0.29, 0.717) is 18.5 Å². The van der Waals surface area contributed by atoms with Crippen LogP contribution in [0.15, 0.2) is 0 Å². The molecule has 0 amide bonds. The first kappa shape index (κ1) is 7.10. The summed E-state index contributed by atoms with van der Waals surface area (Å²) < 4.78 is 0. The molecule has 0 bridgehead atoms. The number of rotatable bonds is 2. The van der Waals surface area contributed by atoms with E-state index in [1.807, 2.05) is 0 Å². The minimum absolute atomic E-state index is 0.0969. The molecular weight excluding hydrogens is 142 g/mol. The third-order valence-corrected chi connectivity index (χ3v) is 2.98. The second-order valence-corrected chi connectivity index (χ2v) is 3.57. The molecule has 0 radical (unpaired) electrons. The molecule has 62 valence electrons. The van der Waals surface area contributed by atoms with Crippen molar-refractivity contribution in [2.75, 3.05) is 6.54 Å². The van der Waals surface area contributed by atoms with E-state index in [-0.39, 0.29) is 5.92 Å². The normalized spacial score (nSPS) is 37.5. The molecule has 1 saturated heterocycles. The van der Waals surface area contributed by atoms with Gasteiger partial charge in [-0.05, 0) is 18.8 Å². The summed E-state index contributed by atoms with van der Waals surface area (Å²) in [5, 5.41) is 11.9. The minimum Gasteiger partial charge on any atom is -0.481 e. The van der Waals surface area contributed by atoms with Crippen LogP contribution in [0.2, 0.25) is 0 Å². The molecule has 0 spiro atoms. The summed E-state index contributed by atoms with van der Waals surface area (Å²) in [5.41, 5.74) is 0. The highest BCUT2D eigenvalue weighted by Gasteiger charge is 2.42. The Morgan fingerprint density at radius 3 is 2.45 bits per heavy atom. The van der Waals surface area contributed by atoms with Gasteiger partial charge in [0.15, 0.2) is 0 Å². The number of carbonyl (C=O) groups is 1. The monoisotopic (exact) mass is 155 g/mol. The zero-order chi connectivity index (χ0) is 7.84. The van der Waals surface area contributed by atoms with E-state index in [2.05, 4.69) is 5.32 Å². The van der Waals surface area contributed by atoms with Crippen LogP contribution in [0.1, 0.15) is 19.3 Å². The lowest BCUT2D eigenvalue weighted by molar-refractivity contribution is -0.147. The highest BCUT2D eigenvalue weighted by Crippen LogP contribution is 2.35. The van der Waals surface area contributed by atoms with Crippen molar-refractivity contribution in [3.63, 3.8) is 0 Å². The molecule has 2 N–H and O–H groups in total. The molecule has 0 aromatic rings. The second kappa shape index (κ2) is 2.48. The SMILES string of the molecule is O=C(O)C1CNC1C1CCC1. The molecule has 1 aliphatic carbocycles. The van der Waals surface area contributed by atoms with Crippen molar-refractivity contribution in [3.8, 4) is 0 Å². The number of hydrogen-bond acceptors (Lipinski definition) is 2. The van der Waals surface area contributed by atoms with Gasteiger partial charge in [0.05, 0.1) is 5.92 Å². The number of nitrogens with one attached hydrogen (secondary N) is 1. The molecule has 1 heterocycles. The van der Waals surface area contributed by atoms with Crippen LogP contribution in [0.25, 0.3) is 0 Å². The number of carboxylic acid groups (broad SMARTS) is 1. The van der Waals surface area contributed by atoms with Gasteiger partial charge in [-0.2, -0.15) is 0 Å². The first-order valence-corrected chi connectivity index (χ1v) is 4.25. The van der Waals surface area contributed by atoms with Crippen LogP contribution in [0.4, 0.5) is 0 Å². The van der Waals surface area contributed by atoms with Crippen LogP contribution in [-0.4, -0.2) is 23.7 Å². The lowest BCUT2D eigenvalue weighted by Gasteiger charge is -2.44. The molecule has 2 atom stereocenters. The highest BCUT2D eigenvalue weighted by atomic mass is 16.4. The number of carboxylic acids is 1. The zero-order valence-corrected chi connectivity index (χ0v) is 6.42. The predicted octanol–water partition coefficient (Wildman–Crippen LogP) is 0.459. The average molecular weight is 155 g/mol. The van der Waals surface area contributed by atoms with Gasteiger partial charge >= 0.3 is 5.97 Å². The first-order chi connectivity index (χ1) is 5.29. The molecule has 2 unspecified atom stereocenters. The molecule has 0 aromatic heterocycles. The van der Waals surface area contributed by atoms with E-state index < -0.39 is 5.97 Å². The maximum Gasteiger partial charge on any atom is 0.309 e. The van der Waals surface area contributed by atoms with Crippen LogP contribution >= 0.6 is 0 Å². The van der Waals surface area contributed by atoms with Crippen molar-refractivity contribution in [1.29, 1.82) is 0 Å². The number of hydrogen-bond donors (Lipinski definition) is 2. The van der Waals surface area contributed by atoms with Gasteiger partial charge in [0, 0.05) is 12.6 Å². The van der Waals surface area contributed by atoms with Crippen LogP contribution < -0.4 is 5.32 Å². The van der Waals surface area contributed by atoms with E-state index >= 15 is 0 Å². The summed E-state index contributed by atoms with van der Waals surface area (Å²) in [6, 6.07) is 0.293. The van der Waals surface area contributed by atoms with Crippen molar-refractivity contribution in [3.05, 3.63) is 0 Å². The van der Waals surface area contributed by atoms with Crippen molar-refractivity contribution in [2.45, 2.75) is 25.3 Å². The minimum atomic E-state index is -0.624. The largest absolute Gasteiger partial charge is 0.481 e. The van der Waals surface area contributed by atoms with Crippen LogP contribution in [0, 0.1) is 11.8 Å². The molecule has 2 aliphatic rings. The Bertz CT molecular complexity index is 177. The van der Waals surface area contributed by atoms with E-state index in [4.69, 9.17) is 5.11 Å². The molecule has 2 fully saturated rings. The smallest absolute Gasteiger partial charge is 0.309 e. The maximum atomic E-state index is 10.6. The van der Waals surface area contributed by atoms with Gasteiger partial charge in [-0.15, -0.1) is 0 Å². The van der Waals surface area contributed by atoms with Crippen LogP contribution in [-0.2, 0) is 4.79 Å². The molecule has 2 rings (SSSR count). The van der Waals surface area contributed by atoms with E-state index in [1.54, 1.807) is 0 Å². The van der Waals surface area contributed by atoms with Crippen molar-refractivity contribution in [1.82, 2.24) is 5.32 Å². The third-order valence-electron chi connectivity index (χ3n) is 2.98. The molecule has 3 heteroatoms. The fourth-order valence-corrected chi connectivity index (χ4v) is 1.91. The topological polar surface area (TPSA) is 49.3 Å². The van der Waals surface area contributed by atoms with Gasteiger partial charge in [0.2, 0.25) is 0 Å². The lowest BCUT2D eigenvalue weighted by atomic mass is 9.71. The van der Waals surface area contributed by atoms with Gasteiger partial charge in [0.25, 0.3) is 0 Å². The Hall–Kier alpha value is -0.570. The van der Waals surface area contributed by atoms with Crippen molar-refractivity contribution < 1.29 is 9.90 Å². The summed E-state index contributed by atoms with van der Waals surface area (Å²) in [5.74, 6) is -0.0641. The Labute approximate surface area is 65.8 Å². The molecule has 3 nitrogen and oxygen atoms in total. The van der Waals surface area contributed by atoms with Gasteiger partial charge in [-0.25, -0.2) is 0 Å². The Morgan fingerprint density at radius 2 is 2.18 bits per heavy atom. The fourth-order valence-electron chi connectivity index (χ4n) is 1.91. The lowest BCUT2D eigenvalue weighted by Crippen LogP contribution is -2.60. The van der Waals surface area contributed by atoms with Gasteiger partial charge < -0.3 is 10.4 Å². The summed E-state index contributed by atoms with van der Waals surface area (Å²) in [4.78, 5) is 10.6. The molecular formula is C8H13NO2. The van der Waals surface area contributed by atoms with Gasteiger partial charge in [-0.3, -0.25) is 4.79 Å². The second-order valence-electron chi connectivity index (χ2n) is 3.57. The van der Waals surface area contributed by atoms with Crippen molar-refractivity contribution in [2.24, 2.45) is 11.8 Å². The third kappa shape index (κ3) is 1.03.